The lowest BCUT2D eigenvalue weighted by molar-refractivity contribution is 0.0946. The molecule has 0 aromatic carbocycles. The van der Waals surface area contributed by atoms with E-state index in [9.17, 15) is 4.79 Å². The summed E-state index contributed by atoms with van der Waals surface area (Å²) in [5.74, 6) is 0.626. The average Bonchev–Trinajstić information content (AvgIpc) is 2.94. The second kappa shape index (κ2) is 7.43. The molecule has 2 rings (SSSR count). The third-order valence-corrected chi connectivity index (χ3v) is 3.73. The van der Waals surface area contributed by atoms with Crippen LogP contribution in [-0.2, 0) is 0 Å². The van der Waals surface area contributed by atoms with Gasteiger partial charge in [0.25, 0.3) is 5.91 Å². The summed E-state index contributed by atoms with van der Waals surface area (Å²) in [7, 11) is 0. The van der Waals surface area contributed by atoms with Crippen LogP contribution in [-0.4, -0.2) is 35.3 Å². The van der Waals surface area contributed by atoms with Gasteiger partial charge in [-0.05, 0) is 44.2 Å². The zero-order valence-electron chi connectivity index (χ0n) is 12.6. The van der Waals surface area contributed by atoms with Crippen molar-refractivity contribution in [3.8, 4) is 0 Å². The number of rotatable bonds is 6. The van der Waals surface area contributed by atoms with Gasteiger partial charge in [-0.25, -0.2) is 0 Å². The highest BCUT2D eigenvalue weighted by Crippen LogP contribution is 2.15. The van der Waals surface area contributed by atoms with Crippen molar-refractivity contribution in [3.05, 3.63) is 18.0 Å². The van der Waals surface area contributed by atoms with Gasteiger partial charge < -0.3 is 10.6 Å². The summed E-state index contributed by atoms with van der Waals surface area (Å²) in [5, 5.41) is 10.7. The number of hydrogen-bond acceptors (Lipinski definition) is 3. The molecule has 1 aliphatic rings. The molecule has 5 nitrogen and oxygen atoms in total. The van der Waals surface area contributed by atoms with Crippen LogP contribution in [0.3, 0.4) is 0 Å². The maximum absolute atomic E-state index is 12.0. The Morgan fingerprint density at radius 2 is 2.45 bits per heavy atom. The fourth-order valence-corrected chi connectivity index (χ4v) is 2.52. The standard InChI is InChI=1S/C15H26N4O/c1-12(2)5-3-9-17-15(20)14-7-10-19(18-14)13-6-4-8-16-11-13/h7,10,12-13,16H,3-6,8-9,11H2,1-2H3,(H,17,20). The number of carbonyl (C=O) groups is 1. The first-order chi connectivity index (χ1) is 9.66. The van der Waals surface area contributed by atoms with Crippen molar-refractivity contribution in [2.24, 2.45) is 5.92 Å². The van der Waals surface area contributed by atoms with Crippen molar-refractivity contribution in [2.75, 3.05) is 19.6 Å². The Balaban J connectivity index is 1.80. The van der Waals surface area contributed by atoms with Crippen LogP contribution >= 0.6 is 0 Å². The Kier molecular flexibility index (Phi) is 5.59. The Morgan fingerprint density at radius 1 is 1.60 bits per heavy atom. The summed E-state index contributed by atoms with van der Waals surface area (Å²) in [5.41, 5.74) is 0.528. The van der Waals surface area contributed by atoms with Crippen molar-refractivity contribution in [1.29, 1.82) is 0 Å². The van der Waals surface area contributed by atoms with Crippen LogP contribution in [0.25, 0.3) is 0 Å². The summed E-state index contributed by atoms with van der Waals surface area (Å²) < 4.78 is 1.93. The molecule has 1 aliphatic heterocycles. The molecular weight excluding hydrogens is 252 g/mol. The Hall–Kier alpha value is -1.36. The van der Waals surface area contributed by atoms with Crippen molar-refractivity contribution < 1.29 is 4.79 Å². The van der Waals surface area contributed by atoms with Crippen LogP contribution in [0, 0.1) is 5.92 Å². The monoisotopic (exact) mass is 278 g/mol. The molecule has 1 saturated heterocycles. The van der Waals surface area contributed by atoms with Gasteiger partial charge in [-0.15, -0.1) is 0 Å². The molecule has 1 unspecified atom stereocenters. The van der Waals surface area contributed by atoms with Gasteiger partial charge in [0.15, 0.2) is 0 Å². The summed E-state index contributed by atoms with van der Waals surface area (Å²) in [6.45, 7) is 7.15. The molecule has 0 bridgehead atoms. The molecule has 5 heteroatoms. The van der Waals surface area contributed by atoms with E-state index in [-0.39, 0.29) is 5.91 Å². The molecule has 1 atom stereocenters. The van der Waals surface area contributed by atoms with E-state index >= 15 is 0 Å². The molecule has 0 saturated carbocycles. The van der Waals surface area contributed by atoms with Gasteiger partial charge in [-0.3, -0.25) is 9.48 Å². The first-order valence-corrected chi connectivity index (χ1v) is 7.71. The smallest absolute Gasteiger partial charge is 0.271 e. The molecule has 1 amide bonds. The van der Waals surface area contributed by atoms with Crippen molar-refractivity contribution in [1.82, 2.24) is 20.4 Å². The fraction of sp³-hybridized carbons (Fsp3) is 0.733. The highest BCUT2D eigenvalue weighted by Gasteiger charge is 2.17. The van der Waals surface area contributed by atoms with E-state index in [2.05, 4.69) is 29.6 Å². The van der Waals surface area contributed by atoms with E-state index in [1.807, 2.05) is 16.9 Å². The largest absolute Gasteiger partial charge is 0.351 e. The van der Waals surface area contributed by atoms with Crippen LogP contribution in [0.4, 0.5) is 0 Å². The lowest BCUT2D eigenvalue weighted by Crippen LogP contribution is -2.32. The normalized spacial score (nSPS) is 19.2. The predicted molar refractivity (Wildman–Crippen MR) is 79.8 cm³/mol. The highest BCUT2D eigenvalue weighted by atomic mass is 16.1. The maximum atomic E-state index is 12.0. The lowest BCUT2D eigenvalue weighted by atomic mass is 10.1. The van der Waals surface area contributed by atoms with Crippen LogP contribution in [0.2, 0.25) is 0 Å². The lowest BCUT2D eigenvalue weighted by Gasteiger charge is -2.22. The minimum absolute atomic E-state index is 0.0590. The minimum Gasteiger partial charge on any atom is -0.351 e. The van der Waals surface area contributed by atoms with E-state index in [1.54, 1.807) is 0 Å². The molecule has 0 radical (unpaired) electrons. The number of hydrogen-bond donors (Lipinski definition) is 2. The van der Waals surface area contributed by atoms with Crippen LogP contribution in [0.5, 0.6) is 0 Å². The van der Waals surface area contributed by atoms with Gasteiger partial charge in [0.2, 0.25) is 0 Å². The quantitative estimate of drug-likeness (QED) is 0.782. The molecule has 112 valence electrons. The Morgan fingerprint density at radius 3 is 3.15 bits per heavy atom. The summed E-state index contributed by atoms with van der Waals surface area (Å²) in [6.07, 6.45) is 6.38. The van der Waals surface area contributed by atoms with Gasteiger partial charge in [-0.2, -0.15) is 5.10 Å². The molecule has 1 aromatic heterocycles. The molecular formula is C15H26N4O. The Labute approximate surface area is 121 Å². The number of nitrogens with one attached hydrogen (secondary N) is 2. The molecule has 20 heavy (non-hydrogen) atoms. The van der Waals surface area contributed by atoms with Gasteiger partial charge >= 0.3 is 0 Å². The van der Waals surface area contributed by atoms with Gasteiger partial charge in [0, 0.05) is 19.3 Å². The third-order valence-electron chi connectivity index (χ3n) is 3.73. The SMILES string of the molecule is CC(C)CCCNC(=O)c1ccn(C2CCCNC2)n1. The Bertz CT molecular complexity index is 421. The number of amides is 1. The van der Waals surface area contributed by atoms with E-state index in [1.165, 1.54) is 6.42 Å². The van der Waals surface area contributed by atoms with Crippen LogP contribution in [0.1, 0.15) is 56.1 Å². The zero-order valence-corrected chi connectivity index (χ0v) is 12.6. The van der Waals surface area contributed by atoms with Gasteiger partial charge in [-0.1, -0.05) is 13.8 Å². The van der Waals surface area contributed by atoms with E-state index in [4.69, 9.17) is 0 Å². The van der Waals surface area contributed by atoms with Crippen molar-refractivity contribution >= 4 is 5.91 Å². The fourth-order valence-electron chi connectivity index (χ4n) is 2.52. The van der Waals surface area contributed by atoms with E-state index in [0.717, 1.165) is 38.9 Å². The number of aromatic nitrogens is 2. The van der Waals surface area contributed by atoms with Gasteiger partial charge in [0.05, 0.1) is 6.04 Å². The van der Waals surface area contributed by atoms with Crippen molar-refractivity contribution in [3.63, 3.8) is 0 Å². The first kappa shape index (κ1) is 15.0. The average molecular weight is 278 g/mol. The second-order valence-electron chi connectivity index (χ2n) is 5.97. The summed E-state index contributed by atoms with van der Waals surface area (Å²) in [6, 6.07) is 2.19. The number of piperidine rings is 1. The maximum Gasteiger partial charge on any atom is 0.271 e. The van der Waals surface area contributed by atoms with E-state index < -0.39 is 0 Å². The minimum atomic E-state index is -0.0590. The van der Waals surface area contributed by atoms with E-state index in [0.29, 0.717) is 17.7 Å². The topological polar surface area (TPSA) is 59.0 Å². The molecule has 1 fully saturated rings. The predicted octanol–water partition coefficient (Wildman–Crippen LogP) is 1.97. The van der Waals surface area contributed by atoms with Crippen molar-refractivity contribution in [2.45, 2.75) is 45.6 Å². The summed E-state index contributed by atoms with van der Waals surface area (Å²) in [4.78, 5) is 12.0. The molecule has 0 spiro atoms. The third kappa shape index (κ3) is 4.34. The van der Waals surface area contributed by atoms with Crippen LogP contribution < -0.4 is 10.6 Å². The molecule has 0 aliphatic carbocycles. The number of nitrogens with zero attached hydrogens (tertiary/aromatic N) is 2. The highest BCUT2D eigenvalue weighted by molar-refractivity contribution is 5.92. The summed E-state index contributed by atoms with van der Waals surface area (Å²) >= 11 is 0. The molecule has 1 aromatic rings. The zero-order chi connectivity index (χ0) is 14.4. The van der Waals surface area contributed by atoms with Gasteiger partial charge in [0.1, 0.15) is 5.69 Å². The van der Waals surface area contributed by atoms with Crippen LogP contribution in [0.15, 0.2) is 12.3 Å². The molecule has 2 heterocycles. The first-order valence-electron chi connectivity index (χ1n) is 7.71. The second-order valence-corrected chi connectivity index (χ2v) is 5.97. The number of carbonyl (C=O) groups excluding carboxylic acids is 1. The molecule has 2 N–H and O–H groups in total.